The lowest BCUT2D eigenvalue weighted by Crippen LogP contribution is -2.43. The monoisotopic (exact) mass is 362 g/mol. The molecule has 0 aromatic heterocycles. The number of carbonyl (C=O) groups is 1. The first-order valence-electron chi connectivity index (χ1n) is 8.78. The minimum absolute atomic E-state index is 0.246. The van der Waals surface area contributed by atoms with Crippen LogP contribution in [0.4, 0.5) is 0 Å². The molecule has 3 aromatic rings. The van der Waals surface area contributed by atoms with E-state index in [0.717, 1.165) is 16.9 Å². The zero-order chi connectivity index (χ0) is 19.1. The third-order valence-electron chi connectivity index (χ3n) is 4.25. The summed E-state index contributed by atoms with van der Waals surface area (Å²) in [5.74, 6) is 0.268. The van der Waals surface area contributed by atoms with Crippen molar-refractivity contribution in [3.63, 3.8) is 0 Å². The second-order valence-corrected chi connectivity index (χ2v) is 6.55. The normalized spacial score (nSPS) is 12.8. The summed E-state index contributed by atoms with van der Waals surface area (Å²) in [6, 6.07) is 26.4. The Balaban J connectivity index is 1.65. The lowest BCUT2D eigenvalue weighted by Gasteiger charge is -2.26. The van der Waals surface area contributed by atoms with Gasteiger partial charge in [-0.05, 0) is 42.3 Å². The molecule has 1 atom stereocenters. The quantitative estimate of drug-likeness (QED) is 0.629. The van der Waals surface area contributed by atoms with Gasteiger partial charge in [0.05, 0.1) is 0 Å². The molecule has 0 heterocycles. The van der Waals surface area contributed by atoms with E-state index in [2.05, 4.69) is 0 Å². The fraction of sp³-hybridized carbons (Fsp3) is 0.174. The van der Waals surface area contributed by atoms with E-state index in [0.29, 0.717) is 12.4 Å². The van der Waals surface area contributed by atoms with Gasteiger partial charge in [-0.1, -0.05) is 60.7 Å². The Morgan fingerprint density at radius 3 is 2.00 bits per heavy atom. The standard InChI is InChI=1S/C23H22O4/c1-23(22(24)25,27-21-10-6-3-7-11-21)16-18-12-14-20(15-13-18)26-17-19-8-4-2-5-9-19/h2-15H,16-17H2,1H3,(H,24,25). The minimum atomic E-state index is -1.35. The Labute approximate surface area is 159 Å². The van der Waals surface area contributed by atoms with Crippen molar-refractivity contribution in [1.29, 1.82) is 0 Å². The van der Waals surface area contributed by atoms with E-state index >= 15 is 0 Å². The van der Waals surface area contributed by atoms with Gasteiger partial charge in [-0.15, -0.1) is 0 Å². The van der Waals surface area contributed by atoms with E-state index in [9.17, 15) is 9.90 Å². The van der Waals surface area contributed by atoms with Gasteiger partial charge in [0, 0.05) is 6.42 Å². The molecule has 0 bridgehead atoms. The van der Waals surface area contributed by atoms with Gasteiger partial charge in [0.2, 0.25) is 5.60 Å². The summed E-state index contributed by atoms with van der Waals surface area (Å²) in [4.78, 5) is 11.8. The van der Waals surface area contributed by atoms with Crippen LogP contribution in [-0.2, 0) is 17.8 Å². The van der Waals surface area contributed by atoms with Crippen LogP contribution in [0.15, 0.2) is 84.9 Å². The van der Waals surface area contributed by atoms with Gasteiger partial charge in [-0.2, -0.15) is 0 Å². The van der Waals surface area contributed by atoms with Crippen molar-refractivity contribution in [2.45, 2.75) is 25.6 Å². The topological polar surface area (TPSA) is 55.8 Å². The van der Waals surface area contributed by atoms with Crippen molar-refractivity contribution >= 4 is 5.97 Å². The van der Waals surface area contributed by atoms with Crippen LogP contribution in [0.25, 0.3) is 0 Å². The molecule has 4 heteroatoms. The van der Waals surface area contributed by atoms with Crippen molar-refractivity contribution in [1.82, 2.24) is 0 Å². The molecule has 0 spiro atoms. The molecule has 1 unspecified atom stereocenters. The molecule has 0 radical (unpaired) electrons. The van der Waals surface area contributed by atoms with Gasteiger partial charge in [0.25, 0.3) is 0 Å². The Kier molecular flexibility index (Phi) is 5.77. The van der Waals surface area contributed by atoms with Crippen LogP contribution in [0, 0.1) is 0 Å². The number of hydrogen-bond acceptors (Lipinski definition) is 3. The smallest absolute Gasteiger partial charge is 0.348 e. The predicted octanol–water partition coefficient (Wildman–Crippen LogP) is 4.73. The highest BCUT2D eigenvalue weighted by molar-refractivity contribution is 5.78. The fourth-order valence-corrected chi connectivity index (χ4v) is 2.74. The van der Waals surface area contributed by atoms with Crippen LogP contribution in [0.5, 0.6) is 11.5 Å². The van der Waals surface area contributed by atoms with E-state index in [-0.39, 0.29) is 6.42 Å². The first-order chi connectivity index (χ1) is 13.0. The highest BCUT2D eigenvalue weighted by atomic mass is 16.5. The molecule has 3 aromatic carbocycles. The zero-order valence-corrected chi connectivity index (χ0v) is 15.2. The van der Waals surface area contributed by atoms with E-state index in [1.807, 2.05) is 72.8 Å². The molecule has 0 aliphatic rings. The SMILES string of the molecule is CC(Cc1ccc(OCc2ccccc2)cc1)(Oc1ccccc1)C(=O)O. The van der Waals surface area contributed by atoms with Crippen LogP contribution < -0.4 is 9.47 Å². The number of aliphatic carboxylic acids is 1. The number of carboxylic acids is 1. The number of ether oxygens (including phenoxy) is 2. The molecule has 138 valence electrons. The first kappa shape index (κ1) is 18.5. The predicted molar refractivity (Wildman–Crippen MR) is 104 cm³/mol. The van der Waals surface area contributed by atoms with Gasteiger partial charge in [0.1, 0.15) is 18.1 Å². The molecule has 0 aliphatic carbocycles. The van der Waals surface area contributed by atoms with Crippen molar-refractivity contribution < 1.29 is 19.4 Å². The van der Waals surface area contributed by atoms with Crippen LogP contribution in [0.2, 0.25) is 0 Å². The summed E-state index contributed by atoms with van der Waals surface area (Å²) >= 11 is 0. The molecule has 1 N–H and O–H groups in total. The molecular formula is C23H22O4. The maximum Gasteiger partial charge on any atom is 0.348 e. The van der Waals surface area contributed by atoms with Crippen LogP contribution in [-0.4, -0.2) is 16.7 Å². The molecule has 0 fully saturated rings. The van der Waals surface area contributed by atoms with Crippen LogP contribution in [0.3, 0.4) is 0 Å². The number of carboxylic acid groups (broad SMARTS) is 1. The second-order valence-electron chi connectivity index (χ2n) is 6.55. The molecule has 4 nitrogen and oxygen atoms in total. The van der Waals surface area contributed by atoms with E-state index < -0.39 is 11.6 Å². The number of rotatable bonds is 8. The van der Waals surface area contributed by atoms with Gasteiger partial charge in [0.15, 0.2) is 0 Å². The third-order valence-corrected chi connectivity index (χ3v) is 4.25. The summed E-state index contributed by atoms with van der Waals surface area (Å²) < 4.78 is 11.5. The van der Waals surface area contributed by atoms with Gasteiger partial charge in [-0.25, -0.2) is 4.79 Å². The van der Waals surface area contributed by atoms with Crippen molar-refractivity contribution in [2.24, 2.45) is 0 Å². The number of hydrogen-bond donors (Lipinski definition) is 1. The van der Waals surface area contributed by atoms with E-state index in [1.54, 1.807) is 19.1 Å². The average molecular weight is 362 g/mol. The summed E-state index contributed by atoms with van der Waals surface area (Å²) in [5, 5.41) is 9.67. The Hall–Kier alpha value is -3.27. The molecule has 3 rings (SSSR count). The largest absolute Gasteiger partial charge is 0.489 e. The van der Waals surface area contributed by atoms with Crippen LogP contribution in [0.1, 0.15) is 18.1 Å². The lowest BCUT2D eigenvalue weighted by molar-refractivity contribution is -0.153. The highest BCUT2D eigenvalue weighted by Crippen LogP contribution is 2.24. The summed E-state index contributed by atoms with van der Waals surface area (Å²) in [5.41, 5.74) is 0.604. The number of benzene rings is 3. The van der Waals surface area contributed by atoms with Gasteiger partial charge < -0.3 is 14.6 Å². The summed E-state index contributed by atoms with van der Waals surface area (Å²) in [7, 11) is 0. The molecule has 0 aliphatic heterocycles. The highest BCUT2D eigenvalue weighted by Gasteiger charge is 2.36. The second kappa shape index (κ2) is 8.41. The fourth-order valence-electron chi connectivity index (χ4n) is 2.74. The Morgan fingerprint density at radius 2 is 1.41 bits per heavy atom. The zero-order valence-electron chi connectivity index (χ0n) is 15.2. The molecule has 0 amide bonds. The summed E-state index contributed by atoms with van der Waals surface area (Å²) in [6.45, 7) is 2.08. The third kappa shape index (κ3) is 5.11. The first-order valence-corrected chi connectivity index (χ1v) is 8.78. The summed E-state index contributed by atoms with van der Waals surface area (Å²) in [6.07, 6.45) is 0.246. The Morgan fingerprint density at radius 1 is 0.815 bits per heavy atom. The van der Waals surface area contributed by atoms with Gasteiger partial charge >= 0.3 is 5.97 Å². The average Bonchev–Trinajstić information content (AvgIpc) is 2.69. The van der Waals surface area contributed by atoms with E-state index in [4.69, 9.17) is 9.47 Å². The molecule has 0 saturated carbocycles. The van der Waals surface area contributed by atoms with Gasteiger partial charge in [-0.3, -0.25) is 0 Å². The van der Waals surface area contributed by atoms with Crippen LogP contribution >= 0.6 is 0 Å². The molecule has 0 saturated heterocycles. The lowest BCUT2D eigenvalue weighted by atomic mass is 9.96. The van der Waals surface area contributed by atoms with Crippen molar-refractivity contribution in [2.75, 3.05) is 0 Å². The van der Waals surface area contributed by atoms with Crippen molar-refractivity contribution in [3.8, 4) is 11.5 Å². The maximum atomic E-state index is 11.8. The van der Waals surface area contributed by atoms with E-state index in [1.165, 1.54) is 0 Å². The number of para-hydroxylation sites is 1. The maximum absolute atomic E-state index is 11.8. The van der Waals surface area contributed by atoms with Crippen molar-refractivity contribution in [3.05, 3.63) is 96.1 Å². The Bertz CT molecular complexity index is 860. The minimum Gasteiger partial charge on any atom is -0.489 e. The molecule has 27 heavy (non-hydrogen) atoms. The molecular weight excluding hydrogens is 340 g/mol.